The van der Waals surface area contributed by atoms with Crippen molar-refractivity contribution in [3.8, 4) is 0 Å². The Labute approximate surface area is 118 Å². The number of β-amino-alcohol motifs (C(OH)–C–C–N with tert-alkyl or cyclic N) is 1. The molecule has 0 unspecified atom stereocenters. The number of hydrogen-bond acceptors (Lipinski definition) is 6. The van der Waals surface area contributed by atoms with Crippen molar-refractivity contribution < 1.29 is 14.4 Å². The highest BCUT2D eigenvalue weighted by Crippen LogP contribution is 2.07. The topological polar surface area (TPSA) is 81.8 Å². The summed E-state index contributed by atoms with van der Waals surface area (Å²) in [6, 6.07) is 1.70. The minimum absolute atomic E-state index is 0.0751. The molecular formula is C13H22N4O3. The fourth-order valence-electron chi connectivity index (χ4n) is 2.36. The van der Waals surface area contributed by atoms with Crippen LogP contribution in [0.3, 0.4) is 0 Å². The van der Waals surface area contributed by atoms with Crippen molar-refractivity contribution in [2.45, 2.75) is 13.3 Å². The van der Waals surface area contributed by atoms with Crippen LogP contribution in [0.1, 0.15) is 12.2 Å². The zero-order valence-corrected chi connectivity index (χ0v) is 11.8. The van der Waals surface area contributed by atoms with Gasteiger partial charge in [0.2, 0.25) is 5.91 Å². The van der Waals surface area contributed by atoms with Gasteiger partial charge in [-0.25, -0.2) is 0 Å². The second kappa shape index (κ2) is 7.37. The molecule has 1 saturated heterocycles. The standard InChI is InChI=1S/C13H22N4O3/c1-11-9-12(15-20-11)14-13(19)10-17-4-2-3-16(5-6-17)7-8-18/h9,18H,2-8,10H2,1H3,(H,14,15,19). The molecule has 1 aliphatic rings. The average Bonchev–Trinajstić information content (AvgIpc) is 2.67. The Morgan fingerprint density at radius 2 is 2.15 bits per heavy atom. The highest BCUT2D eigenvalue weighted by Gasteiger charge is 2.17. The normalized spacial score (nSPS) is 17.9. The largest absolute Gasteiger partial charge is 0.395 e. The van der Waals surface area contributed by atoms with Crippen LogP contribution >= 0.6 is 0 Å². The third-order valence-corrected chi connectivity index (χ3v) is 3.36. The van der Waals surface area contributed by atoms with Crippen LogP contribution < -0.4 is 5.32 Å². The second-order valence-corrected chi connectivity index (χ2v) is 5.07. The number of carbonyl (C=O) groups excluding carboxylic acids is 1. The Morgan fingerprint density at radius 1 is 1.40 bits per heavy atom. The summed E-state index contributed by atoms with van der Waals surface area (Å²) in [6.07, 6.45) is 1.01. The molecule has 2 N–H and O–H groups in total. The van der Waals surface area contributed by atoms with Crippen LogP contribution in [0.4, 0.5) is 5.82 Å². The Hall–Kier alpha value is -1.44. The number of nitrogens with zero attached hydrogens (tertiary/aromatic N) is 3. The smallest absolute Gasteiger partial charge is 0.239 e. The maximum absolute atomic E-state index is 11.9. The van der Waals surface area contributed by atoms with E-state index in [4.69, 9.17) is 9.63 Å². The molecule has 2 heterocycles. The van der Waals surface area contributed by atoms with E-state index in [-0.39, 0.29) is 12.5 Å². The molecule has 0 radical (unpaired) electrons. The van der Waals surface area contributed by atoms with E-state index in [0.29, 0.717) is 24.7 Å². The number of aromatic nitrogens is 1. The molecule has 0 atom stereocenters. The van der Waals surface area contributed by atoms with Crippen LogP contribution in [-0.2, 0) is 4.79 Å². The van der Waals surface area contributed by atoms with Crippen LogP contribution in [0.2, 0.25) is 0 Å². The van der Waals surface area contributed by atoms with Gasteiger partial charge >= 0.3 is 0 Å². The van der Waals surface area contributed by atoms with Gasteiger partial charge in [-0.1, -0.05) is 5.16 Å². The first-order valence-corrected chi connectivity index (χ1v) is 6.96. The quantitative estimate of drug-likeness (QED) is 0.786. The molecule has 1 fully saturated rings. The number of amides is 1. The molecule has 1 aromatic heterocycles. The third-order valence-electron chi connectivity index (χ3n) is 3.36. The summed E-state index contributed by atoms with van der Waals surface area (Å²) in [5.74, 6) is 1.06. The van der Waals surface area contributed by atoms with Gasteiger partial charge in [-0.15, -0.1) is 0 Å². The van der Waals surface area contributed by atoms with E-state index in [2.05, 4.69) is 20.3 Å². The molecule has 0 aliphatic carbocycles. The zero-order chi connectivity index (χ0) is 14.4. The number of nitrogens with one attached hydrogen (secondary N) is 1. The molecule has 0 saturated carbocycles. The predicted octanol–water partition coefficient (Wildman–Crippen LogP) is -0.0785. The van der Waals surface area contributed by atoms with E-state index >= 15 is 0 Å². The lowest BCUT2D eigenvalue weighted by Crippen LogP contribution is -2.36. The Kier molecular flexibility index (Phi) is 5.51. The van der Waals surface area contributed by atoms with Crippen LogP contribution in [0.5, 0.6) is 0 Å². The predicted molar refractivity (Wildman–Crippen MR) is 74.5 cm³/mol. The molecule has 1 amide bonds. The van der Waals surface area contributed by atoms with Gasteiger partial charge in [-0.2, -0.15) is 0 Å². The first-order chi connectivity index (χ1) is 9.67. The average molecular weight is 282 g/mol. The molecule has 2 rings (SSSR count). The van der Waals surface area contributed by atoms with Crippen LogP contribution in [0, 0.1) is 6.92 Å². The van der Waals surface area contributed by atoms with E-state index in [0.717, 1.165) is 32.6 Å². The number of carbonyl (C=O) groups is 1. The molecule has 1 aromatic rings. The van der Waals surface area contributed by atoms with Gasteiger partial charge in [0, 0.05) is 25.7 Å². The maximum atomic E-state index is 11.9. The third kappa shape index (κ3) is 4.59. The highest BCUT2D eigenvalue weighted by atomic mass is 16.5. The lowest BCUT2D eigenvalue weighted by molar-refractivity contribution is -0.117. The minimum atomic E-state index is -0.0751. The zero-order valence-electron chi connectivity index (χ0n) is 11.8. The van der Waals surface area contributed by atoms with Crippen LogP contribution in [0.25, 0.3) is 0 Å². The van der Waals surface area contributed by atoms with Gasteiger partial charge in [0.15, 0.2) is 5.82 Å². The van der Waals surface area contributed by atoms with Gasteiger partial charge in [-0.05, 0) is 26.4 Å². The van der Waals surface area contributed by atoms with Crippen LogP contribution in [-0.4, -0.2) is 71.8 Å². The lowest BCUT2D eigenvalue weighted by atomic mass is 10.3. The number of anilines is 1. The molecule has 0 bridgehead atoms. The maximum Gasteiger partial charge on any atom is 0.239 e. The number of rotatable bonds is 5. The molecule has 20 heavy (non-hydrogen) atoms. The van der Waals surface area contributed by atoms with E-state index in [1.54, 1.807) is 13.0 Å². The van der Waals surface area contributed by atoms with Crippen molar-refractivity contribution >= 4 is 11.7 Å². The Morgan fingerprint density at radius 3 is 2.85 bits per heavy atom. The molecule has 0 spiro atoms. The van der Waals surface area contributed by atoms with Crippen molar-refractivity contribution in [2.24, 2.45) is 0 Å². The van der Waals surface area contributed by atoms with Crippen LogP contribution in [0.15, 0.2) is 10.6 Å². The Bertz CT molecular complexity index is 435. The molecule has 112 valence electrons. The second-order valence-electron chi connectivity index (χ2n) is 5.07. The highest BCUT2D eigenvalue weighted by molar-refractivity contribution is 5.91. The fourth-order valence-corrected chi connectivity index (χ4v) is 2.36. The fraction of sp³-hybridized carbons (Fsp3) is 0.692. The monoisotopic (exact) mass is 282 g/mol. The SMILES string of the molecule is Cc1cc(NC(=O)CN2CCCN(CCO)CC2)no1. The van der Waals surface area contributed by atoms with Crippen molar-refractivity contribution in [3.63, 3.8) is 0 Å². The number of aryl methyl sites for hydroxylation is 1. The summed E-state index contributed by atoms with van der Waals surface area (Å²) in [7, 11) is 0. The van der Waals surface area contributed by atoms with Crippen molar-refractivity contribution in [1.29, 1.82) is 0 Å². The molecule has 1 aliphatic heterocycles. The molecule has 7 heteroatoms. The Balaban J connectivity index is 1.76. The minimum Gasteiger partial charge on any atom is -0.395 e. The first-order valence-electron chi connectivity index (χ1n) is 6.96. The van der Waals surface area contributed by atoms with Gasteiger partial charge < -0.3 is 14.9 Å². The summed E-state index contributed by atoms with van der Waals surface area (Å²) in [5.41, 5.74) is 0. The number of hydrogen-bond donors (Lipinski definition) is 2. The van der Waals surface area contributed by atoms with Gasteiger partial charge in [0.25, 0.3) is 0 Å². The van der Waals surface area contributed by atoms with Crippen molar-refractivity contribution in [2.75, 3.05) is 51.2 Å². The van der Waals surface area contributed by atoms with E-state index in [1.165, 1.54) is 0 Å². The summed E-state index contributed by atoms with van der Waals surface area (Å²) in [6.45, 7) is 6.63. The number of aliphatic hydroxyl groups excluding tert-OH is 1. The molecular weight excluding hydrogens is 260 g/mol. The van der Waals surface area contributed by atoms with E-state index in [1.807, 2.05) is 0 Å². The molecule has 7 nitrogen and oxygen atoms in total. The van der Waals surface area contributed by atoms with Gasteiger partial charge in [0.1, 0.15) is 5.76 Å². The van der Waals surface area contributed by atoms with Gasteiger partial charge in [0.05, 0.1) is 13.2 Å². The molecule has 0 aromatic carbocycles. The summed E-state index contributed by atoms with van der Waals surface area (Å²) < 4.78 is 4.91. The van der Waals surface area contributed by atoms with E-state index in [9.17, 15) is 4.79 Å². The summed E-state index contributed by atoms with van der Waals surface area (Å²) in [4.78, 5) is 16.3. The van der Waals surface area contributed by atoms with Gasteiger partial charge in [-0.3, -0.25) is 14.6 Å². The number of aliphatic hydroxyl groups is 1. The van der Waals surface area contributed by atoms with Crippen molar-refractivity contribution in [3.05, 3.63) is 11.8 Å². The summed E-state index contributed by atoms with van der Waals surface area (Å²) in [5, 5.41) is 15.4. The first kappa shape index (κ1) is 15.0. The summed E-state index contributed by atoms with van der Waals surface area (Å²) >= 11 is 0. The van der Waals surface area contributed by atoms with E-state index < -0.39 is 0 Å². The lowest BCUT2D eigenvalue weighted by Gasteiger charge is -2.20. The van der Waals surface area contributed by atoms with Crippen molar-refractivity contribution in [1.82, 2.24) is 15.0 Å².